The van der Waals surface area contributed by atoms with E-state index < -0.39 is 0 Å². The highest BCUT2D eigenvalue weighted by atomic mass is 16.1. The van der Waals surface area contributed by atoms with Crippen molar-refractivity contribution in [2.24, 2.45) is 11.8 Å². The van der Waals surface area contributed by atoms with E-state index in [1.807, 2.05) is 13.8 Å². The van der Waals surface area contributed by atoms with Crippen LogP contribution in [0.15, 0.2) is 30.8 Å². The van der Waals surface area contributed by atoms with Crippen LogP contribution in [0.2, 0.25) is 0 Å². The van der Waals surface area contributed by atoms with Crippen LogP contribution in [-0.4, -0.2) is 18.4 Å². The standard InChI is InChI=1S/C20H27NO/c1-4-19(22)20-17(11-14-5-10-18(20)21-12-14)16-8-6-15(7-9-16)13(2)3/h6-9,14,17-18,20-21H,2,4-5,10-12H2,1,3H3. The van der Waals surface area contributed by atoms with Crippen LogP contribution in [0.5, 0.6) is 0 Å². The van der Waals surface area contributed by atoms with Crippen LogP contribution < -0.4 is 5.32 Å². The first kappa shape index (κ1) is 15.5. The van der Waals surface area contributed by atoms with E-state index in [4.69, 9.17) is 0 Å². The summed E-state index contributed by atoms with van der Waals surface area (Å²) in [5.41, 5.74) is 3.62. The molecule has 1 aromatic rings. The highest BCUT2D eigenvalue weighted by Crippen LogP contribution is 2.42. The first-order valence-corrected chi connectivity index (χ1v) is 8.62. The Kier molecular flexibility index (Phi) is 4.49. The van der Waals surface area contributed by atoms with Gasteiger partial charge in [-0.15, -0.1) is 0 Å². The molecule has 3 aliphatic rings. The molecule has 2 aliphatic heterocycles. The molecule has 2 heterocycles. The van der Waals surface area contributed by atoms with E-state index in [1.165, 1.54) is 17.5 Å². The summed E-state index contributed by atoms with van der Waals surface area (Å²) in [6.07, 6.45) is 4.22. The summed E-state index contributed by atoms with van der Waals surface area (Å²) in [4.78, 5) is 12.6. The van der Waals surface area contributed by atoms with Crippen molar-refractivity contribution < 1.29 is 4.79 Å². The monoisotopic (exact) mass is 297 g/mol. The number of nitrogens with one attached hydrogen (secondary N) is 1. The van der Waals surface area contributed by atoms with Crippen LogP contribution in [-0.2, 0) is 4.79 Å². The van der Waals surface area contributed by atoms with Crippen molar-refractivity contribution in [3.8, 4) is 0 Å². The molecule has 1 aliphatic carbocycles. The molecule has 1 aromatic carbocycles. The second-order valence-electron chi connectivity index (χ2n) is 7.05. The van der Waals surface area contributed by atoms with E-state index in [0.29, 0.717) is 24.2 Å². The van der Waals surface area contributed by atoms with Gasteiger partial charge in [-0.3, -0.25) is 4.79 Å². The van der Waals surface area contributed by atoms with Gasteiger partial charge < -0.3 is 5.32 Å². The molecule has 118 valence electrons. The maximum atomic E-state index is 12.6. The SMILES string of the molecule is C=C(C)c1ccc(C2CC3CCC(NC3)C2C(=O)CC)cc1. The summed E-state index contributed by atoms with van der Waals surface area (Å²) in [5.74, 6) is 1.66. The van der Waals surface area contributed by atoms with E-state index in [9.17, 15) is 4.79 Å². The highest BCUT2D eigenvalue weighted by molar-refractivity contribution is 5.82. The van der Waals surface area contributed by atoms with Crippen molar-refractivity contribution in [2.75, 3.05) is 6.54 Å². The molecule has 4 rings (SSSR count). The molecule has 22 heavy (non-hydrogen) atoms. The molecule has 2 heteroatoms. The van der Waals surface area contributed by atoms with Gasteiger partial charge in [0.05, 0.1) is 0 Å². The molecule has 4 atom stereocenters. The van der Waals surface area contributed by atoms with Gasteiger partial charge in [0.1, 0.15) is 5.78 Å². The van der Waals surface area contributed by atoms with Crippen LogP contribution in [0, 0.1) is 11.8 Å². The fourth-order valence-electron chi connectivity index (χ4n) is 4.27. The van der Waals surface area contributed by atoms with Gasteiger partial charge in [0.25, 0.3) is 0 Å². The molecular formula is C20H27NO. The summed E-state index contributed by atoms with van der Waals surface area (Å²) < 4.78 is 0. The number of fused-ring (bicyclic) bond motifs is 4. The highest BCUT2D eigenvalue weighted by Gasteiger charge is 2.41. The average molecular weight is 297 g/mol. The maximum Gasteiger partial charge on any atom is 0.137 e. The minimum absolute atomic E-state index is 0.146. The lowest BCUT2D eigenvalue weighted by Crippen LogP contribution is -2.43. The molecule has 0 amide bonds. The van der Waals surface area contributed by atoms with E-state index in [1.54, 1.807) is 0 Å². The van der Waals surface area contributed by atoms with Gasteiger partial charge in [0, 0.05) is 18.4 Å². The van der Waals surface area contributed by atoms with Crippen LogP contribution in [0.25, 0.3) is 5.57 Å². The number of ketones is 1. The summed E-state index contributed by atoms with van der Waals surface area (Å²) in [6.45, 7) is 9.13. The lowest BCUT2D eigenvalue weighted by molar-refractivity contribution is -0.124. The number of hydrogen-bond donors (Lipinski definition) is 1. The van der Waals surface area contributed by atoms with Crippen molar-refractivity contribution in [2.45, 2.75) is 51.5 Å². The van der Waals surface area contributed by atoms with Crippen molar-refractivity contribution in [3.05, 3.63) is 42.0 Å². The summed E-state index contributed by atoms with van der Waals surface area (Å²) in [7, 11) is 0. The van der Waals surface area contributed by atoms with Gasteiger partial charge in [-0.2, -0.15) is 0 Å². The van der Waals surface area contributed by atoms with Gasteiger partial charge in [-0.1, -0.05) is 43.3 Å². The van der Waals surface area contributed by atoms with Gasteiger partial charge in [0.2, 0.25) is 0 Å². The Labute approximate surface area is 134 Å². The molecule has 2 nitrogen and oxygen atoms in total. The summed E-state index contributed by atoms with van der Waals surface area (Å²) >= 11 is 0. The third-order valence-corrected chi connectivity index (χ3v) is 5.56. The Balaban J connectivity index is 1.94. The number of carbonyl (C=O) groups excluding carboxylic acids is 1. The van der Waals surface area contributed by atoms with Crippen molar-refractivity contribution in [3.63, 3.8) is 0 Å². The van der Waals surface area contributed by atoms with Crippen molar-refractivity contribution in [1.29, 1.82) is 0 Å². The normalized spacial score (nSPS) is 30.8. The second kappa shape index (κ2) is 6.37. The molecule has 2 bridgehead atoms. The lowest BCUT2D eigenvalue weighted by Gasteiger charge is -2.30. The molecule has 0 spiro atoms. The first-order chi connectivity index (χ1) is 10.6. The summed E-state index contributed by atoms with van der Waals surface area (Å²) in [5, 5.41) is 3.64. The molecule has 1 N–H and O–H groups in total. The Bertz CT molecular complexity index is 552. The second-order valence-corrected chi connectivity index (χ2v) is 7.05. The fourth-order valence-corrected chi connectivity index (χ4v) is 4.27. The predicted molar refractivity (Wildman–Crippen MR) is 91.8 cm³/mol. The average Bonchev–Trinajstić information content (AvgIpc) is 2.84. The Morgan fingerprint density at radius 3 is 2.55 bits per heavy atom. The number of hydrogen-bond acceptors (Lipinski definition) is 2. The van der Waals surface area contributed by atoms with Crippen molar-refractivity contribution in [1.82, 2.24) is 5.32 Å². The quantitative estimate of drug-likeness (QED) is 0.903. The fraction of sp³-hybridized carbons (Fsp3) is 0.550. The van der Waals surface area contributed by atoms with Crippen LogP contribution >= 0.6 is 0 Å². The number of carbonyl (C=O) groups is 1. The Morgan fingerprint density at radius 1 is 1.27 bits per heavy atom. The van der Waals surface area contributed by atoms with Crippen LogP contribution in [0.3, 0.4) is 0 Å². The van der Waals surface area contributed by atoms with Gasteiger partial charge in [-0.05, 0) is 55.7 Å². The molecule has 4 unspecified atom stereocenters. The van der Waals surface area contributed by atoms with Crippen LogP contribution in [0.4, 0.5) is 0 Å². The smallest absolute Gasteiger partial charge is 0.137 e. The number of rotatable bonds is 4. The minimum atomic E-state index is 0.146. The van der Waals surface area contributed by atoms with Gasteiger partial charge >= 0.3 is 0 Å². The molecular weight excluding hydrogens is 270 g/mol. The third-order valence-electron chi connectivity index (χ3n) is 5.56. The zero-order valence-electron chi connectivity index (χ0n) is 13.8. The zero-order valence-corrected chi connectivity index (χ0v) is 13.8. The number of piperidine rings is 1. The maximum absolute atomic E-state index is 12.6. The largest absolute Gasteiger partial charge is 0.313 e. The minimum Gasteiger partial charge on any atom is -0.313 e. The molecule has 0 aromatic heterocycles. The van der Waals surface area contributed by atoms with E-state index in [0.717, 1.165) is 30.9 Å². The third kappa shape index (κ3) is 2.89. The predicted octanol–water partition coefficient (Wildman–Crippen LogP) is 4.17. The number of benzene rings is 1. The van der Waals surface area contributed by atoms with Gasteiger partial charge in [-0.25, -0.2) is 0 Å². The van der Waals surface area contributed by atoms with Crippen LogP contribution in [0.1, 0.15) is 56.6 Å². The van der Waals surface area contributed by atoms with Gasteiger partial charge in [0.15, 0.2) is 0 Å². The number of allylic oxidation sites excluding steroid dienone is 1. The Morgan fingerprint density at radius 2 is 2.00 bits per heavy atom. The molecule has 3 fully saturated rings. The molecule has 0 radical (unpaired) electrons. The first-order valence-electron chi connectivity index (χ1n) is 8.62. The Hall–Kier alpha value is -1.41. The molecule has 2 saturated heterocycles. The van der Waals surface area contributed by atoms with E-state index in [2.05, 4.69) is 36.2 Å². The molecule has 1 saturated carbocycles. The zero-order chi connectivity index (χ0) is 15.7. The van der Waals surface area contributed by atoms with E-state index in [-0.39, 0.29) is 5.92 Å². The topological polar surface area (TPSA) is 29.1 Å². The number of Topliss-reactive ketones (excluding diaryl/α,β-unsaturated/α-hetero) is 1. The summed E-state index contributed by atoms with van der Waals surface area (Å²) in [6, 6.07) is 9.12. The van der Waals surface area contributed by atoms with E-state index >= 15 is 0 Å². The lowest BCUT2D eigenvalue weighted by atomic mass is 9.77. The van der Waals surface area contributed by atoms with Crippen molar-refractivity contribution >= 4 is 11.4 Å².